The lowest BCUT2D eigenvalue weighted by Gasteiger charge is -2.08. The lowest BCUT2D eigenvalue weighted by atomic mass is 10.1. The van der Waals surface area contributed by atoms with Crippen molar-refractivity contribution in [2.75, 3.05) is 13.7 Å². The number of thiocarbonyl (C=S) groups is 1. The van der Waals surface area contributed by atoms with Gasteiger partial charge in [-0.3, -0.25) is 4.79 Å². The Labute approximate surface area is 113 Å². The summed E-state index contributed by atoms with van der Waals surface area (Å²) in [4.78, 5) is 12.2. The number of amides is 1. The Bertz CT molecular complexity index is 421. The van der Waals surface area contributed by atoms with Gasteiger partial charge in [0.05, 0.1) is 18.5 Å². The molecule has 0 saturated heterocycles. The minimum Gasteiger partial charge on any atom is -0.496 e. The molecule has 0 saturated carbocycles. The standard InChI is InChI=1S/C13H18N2O2S/c1-17-11-6-3-2-5-10(11)9-13(16)15-8-4-7-12(14)18/h2-3,5-6H,4,7-9H2,1H3,(H2,14,18)(H,15,16). The average Bonchev–Trinajstić information content (AvgIpc) is 2.35. The van der Waals surface area contributed by atoms with Gasteiger partial charge in [-0.15, -0.1) is 0 Å². The van der Waals surface area contributed by atoms with E-state index in [9.17, 15) is 4.79 Å². The second-order valence-corrected chi connectivity index (χ2v) is 4.43. The summed E-state index contributed by atoms with van der Waals surface area (Å²) < 4.78 is 5.19. The maximum absolute atomic E-state index is 11.7. The summed E-state index contributed by atoms with van der Waals surface area (Å²) in [6, 6.07) is 7.49. The molecule has 98 valence electrons. The van der Waals surface area contributed by atoms with Crippen molar-refractivity contribution < 1.29 is 9.53 Å². The highest BCUT2D eigenvalue weighted by atomic mass is 32.1. The molecule has 5 heteroatoms. The number of para-hydroxylation sites is 1. The summed E-state index contributed by atoms with van der Waals surface area (Å²) in [6.07, 6.45) is 1.74. The summed E-state index contributed by atoms with van der Waals surface area (Å²) in [5.74, 6) is 0.707. The summed E-state index contributed by atoms with van der Waals surface area (Å²) in [7, 11) is 1.60. The number of carbonyl (C=O) groups is 1. The molecule has 0 spiro atoms. The smallest absolute Gasteiger partial charge is 0.224 e. The number of carbonyl (C=O) groups excluding carboxylic acids is 1. The fourth-order valence-corrected chi connectivity index (χ4v) is 1.72. The van der Waals surface area contributed by atoms with Crippen LogP contribution < -0.4 is 15.8 Å². The van der Waals surface area contributed by atoms with E-state index in [1.165, 1.54) is 0 Å². The number of benzene rings is 1. The molecular formula is C13H18N2O2S. The number of nitrogens with one attached hydrogen (secondary N) is 1. The Morgan fingerprint density at radius 3 is 2.83 bits per heavy atom. The topological polar surface area (TPSA) is 64.3 Å². The Morgan fingerprint density at radius 1 is 1.44 bits per heavy atom. The summed E-state index contributed by atoms with van der Waals surface area (Å²) in [6.45, 7) is 0.589. The van der Waals surface area contributed by atoms with Crippen molar-refractivity contribution in [2.45, 2.75) is 19.3 Å². The maximum Gasteiger partial charge on any atom is 0.224 e. The highest BCUT2D eigenvalue weighted by molar-refractivity contribution is 7.80. The Kier molecular flexibility index (Phi) is 6.14. The molecule has 0 atom stereocenters. The SMILES string of the molecule is COc1ccccc1CC(=O)NCCCC(N)=S. The van der Waals surface area contributed by atoms with Crippen LogP contribution in [0.4, 0.5) is 0 Å². The Hall–Kier alpha value is -1.62. The van der Waals surface area contributed by atoms with Crippen LogP contribution in [0.25, 0.3) is 0 Å². The zero-order chi connectivity index (χ0) is 13.4. The van der Waals surface area contributed by atoms with Crippen molar-refractivity contribution in [3.8, 4) is 5.75 Å². The van der Waals surface area contributed by atoms with E-state index in [1.807, 2.05) is 24.3 Å². The summed E-state index contributed by atoms with van der Waals surface area (Å²) >= 11 is 4.76. The Balaban J connectivity index is 2.37. The van der Waals surface area contributed by atoms with E-state index >= 15 is 0 Å². The lowest BCUT2D eigenvalue weighted by Crippen LogP contribution is -2.27. The zero-order valence-electron chi connectivity index (χ0n) is 10.4. The van der Waals surface area contributed by atoms with E-state index in [4.69, 9.17) is 22.7 Å². The van der Waals surface area contributed by atoms with Gasteiger partial charge in [0.25, 0.3) is 0 Å². The fourth-order valence-electron chi connectivity index (χ4n) is 1.57. The number of hydrogen-bond acceptors (Lipinski definition) is 3. The van der Waals surface area contributed by atoms with E-state index in [0.29, 0.717) is 24.4 Å². The van der Waals surface area contributed by atoms with Crippen molar-refractivity contribution in [3.63, 3.8) is 0 Å². The molecule has 0 aliphatic rings. The largest absolute Gasteiger partial charge is 0.496 e. The first kappa shape index (κ1) is 14.4. The van der Waals surface area contributed by atoms with Gasteiger partial charge in [-0.05, 0) is 18.9 Å². The van der Waals surface area contributed by atoms with Crippen LogP contribution in [0.15, 0.2) is 24.3 Å². The van der Waals surface area contributed by atoms with E-state index in [2.05, 4.69) is 5.32 Å². The first-order valence-corrected chi connectivity index (χ1v) is 6.21. The van der Waals surface area contributed by atoms with Crippen LogP contribution in [-0.2, 0) is 11.2 Å². The Morgan fingerprint density at radius 2 is 2.17 bits per heavy atom. The number of methoxy groups -OCH3 is 1. The molecule has 0 unspecified atom stereocenters. The highest BCUT2D eigenvalue weighted by Gasteiger charge is 2.07. The molecule has 0 bridgehead atoms. The summed E-state index contributed by atoms with van der Waals surface area (Å²) in [5, 5.41) is 2.83. The molecule has 18 heavy (non-hydrogen) atoms. The average molecular weight is 266 g/mol. The van der Waals surface area contributed by atoms with Gasteiger partial charge in [-0.2, -0.15) is 0 Å². The quantitative estimate of drug-likeness (QED) is 0.579. The minimum absolute atomic E-state index is 0.0255. The minimum atomic E-state index is -0.0255. The van der Waals surface area contributed by atoms with Crippen molar-refractivity contribution in [3.05, 3.63) is 29.8 Å². The van der Waals surface area contributed by atoms with Crippen molar-refractivity contribution in [1.82, 2.24) is 5.32 Å². The predicted molar refractivity (Wildman–Crippen MR) is 75.7 cm³/mol. The highest BCUT2D eigenvalue weighted by Crippen LogP contribution is 2.17. The van der Waals surface area contributed by atoms with Gasteiger partial charge in [-0.1, -0.05) is 30.4 Å². The first-order valence-electron chi connectivity index (χ1n) is 5.80. The van der Waals surface area contributed by atoms with Crippen LogP contribution in [0.2, 0.25) is 0 Å². The van der Waals surface area contributed by atoms with Crippen LogP contribution in [0.1, 0.15) is 18.4 Å². The molecule has 0 aliphatic carbocycles. The molecule has 1 rings (SSSR count). The molecule has 3 N–H and O–H groups in total. The molecule has 0 radical (unpaired) electrons. The molecule has 1 amide bonds. The van der Waals surface area contributed by atoms with Gasteiger partial charge in [0.2, 0.25) is 5.91 Å². The molecular weight excluding hydrogens is 248 g/mol. The van der Waals surface area contributed by atoms with Gasteiger partial charge in [0, 0.05) is 12.1 Å². The summed E-state index contributed by atoms with van der Waals surface area (Å²) in [5.41, 5.74) is 6.25. The number of nitrogens with two attached hydrogens (primary N) is 1. The van der Waals surface area contributed by atoms with Crippen LogP contribution in [-0.4, -0.2) is 24.6 Å². The fraction of sp³-hybridized carbons (Fsp3) is 0.385. The third kappa shape index (κ3) is 5.14. The van der Waals surface area contributed by atoms with Gasteiger partial charge in [0.1, 0.15) is 5.75 Å². The number of ether oxygens (including phenoxy) is 1. The first-order chi connectivity index (χ1) is 8.63. The van der Waals surface area contributed by atoms with Crippen LogP contribution in [0, 0.1) is 0 Å². The van der Waals surface area contributed by atoms with Crippen molar-refractivity contribution in [2.24, 2.45) is 5.73 Å². The predicted octanol–water partition coefficient (Wildman–Crippen LogP) is 1.42. The molecule has 0 aromatic heterocycles. The molecule has 1 aromatic carbocycles. The lowest BCUT2D eigenvalue weighted by molar-refractivity contribution is -0.120. The van der Waals surface area contributed by atoms with E-state index in [-0.39, 0.29) is 5.91 Å². The van der Waals surface area contributed by atoms with Crippen LogP contribution >= 0.6 is 12.2 Å². The van der Waals surface area contributed by atoms with E-state index in [0.717, 1.165) is 17.7 Å². The zero-order valence-corrected chi connectivity index (χ0v) is 11.3. The second-order valence-electron chi connectivity index (χ2n) is 3.91. The van der Waals surface area contributed by atoms with E-state index in [1.54, 1.807) is 7.11 Å². The van der Waals surface area contributed by atoms with Crippen molar-refractivity contribution >= 4 is 23.1 Å². The van der Waals surface area contributed by atoms with E-state index < -0.39 is 0 Å². The second kappa shape index (κ2) is 7.66. The molecule has 0 aliphatic heterocycles. The van der Waals surface area contributed by atoms with Gasteiger partial charge in [-0.25, -0.2) is 0 Å². The third-order valence-electron chi connectivity index (χ3n) is 2.47. The van der Waals surface area contributed by atoms with Crippen molar-refractivity contribution in [1.29, 1.82) is 0 Å². The van der Waals surface area contributed by atoms with Gasteiger partial charge in [0.15, 0.2) is 0 Å². The van der Waals surface area contributed by atoms with Gasteiger partial charge >= 0.3 is 0 Å². The monoisotopic (exact) mass is 266 g/mol. The number of rotatable bonds is 7. The maximum atomic E-state index is 11.7. The molecule has 0 fully saturated rings. The molecule has 1 aromatic rings. The van der Waals surface area contributed by atoms with Crippen LogP contribution in [0.5, 0.6) is 5.75 Å². The third-order valence-corrected chi connectivity index (χ3v) is 2.67. The normalized spacial score (nSPS) is 9.83. The van der Waals surface area contributed by atoms with Gasteiger partial charge < -0.3 is 15.8 Å². The number of hydrogen-bond donors (Lipinski definition) is 2. The molecule has 0 heterocycles. The molecule has 4 nitrogen and oxygen atoms in total. The van der Waals surface area contributed by atoms with Crippen LogP contribution in [0.3, 0.4) is 0 Å².